The van der Waals surface area contributed by atoms with E-state index in [1.165, 1.54) is 0 Å². The third-order valence-electron chi connectivity index (χ3n) is 2.29. The van der Waals surface area contributed by atoms with Crippen LogP contribution in [0.3, 0.4) is 0 Å². The number of hydrogen-bond donors (Lipinski definition) is 0. The minimum atomic E-state index is -0.475. The number of likely N-dealkylation sites (N-methyl/N-ethyl adjacent to an activating group) is 1. The van der Waals surface area contributed by atoms with Gasteiger partial charge in [0.15, 0.2) is 5.82 Å². The van der Waals surface area contributed by atoms with Gasteiger partial charge in [-0.15, -0.1) is 0 Å². The average Bonchev–Trinajstić information content (AvgIpc) is 2.61. The van der Waals surface area contributed by atoms with Crippen molar-refractivity contribution < 1.29 is 9.18 Å². The molecule has 0 bridgehead atoms. The highest BCUT2D eigenvalue weighted by molar-refractivity contribution is 5.83. The summed E-state index contributed by atoms with van der Waals surface area (Å²) < 4.78 is 12.6. The molecule has 80 valence electrons. The Balaban J connectivity index is 2.13. The van der Waals surface area contributed by atoms with Crippen molar-refractivity contribution in [2.75, 3.05) is 24.7 Å². The number of anilines is 1. The maximum atomic E-state index is 12.6. The number of hydrogen-bond acceptors (Lipinski definition) is 4. The Labute approximate surface area is 86.5 Å². The van der Waals surface area contributed by atoms with Gasteiger partial charge >= 0.3 is 0 Å². The van der Waals surface area contributed by atoms with Crippen LogP contribution in [0.4, 0.5) is 10.3 Å². The number of aromatic nitrogens is 2. The van der Waals surface area contributed by atoms with E-state index in [4.69, 9.17) is 0 Å². The fourth-order valence-electron chi connectivity index (χ4n) is 1.48. The molecule has 5 nitrogen and oxygen atoms in total. The number of amides is 1. The average molecular weight is 210 g/mol. The summed E-state index contributed by atoms with van der Waals surface area (Å²) in [5, 5.41) is 0. The molecular weight excluding hydrogens is 199 g/mol. The normalized spacial score (nSPS) is 16.3. The minimum Gasteiger partial charge on any atom is -0.324 e. The largest absolute Gasteiger partial charge is 0.324 e. The van der Waals surface area contributed by atoms with E-state index in [9.17, 15) is 9.18 Å². The topological polar surface area (TPSA) is 49.3 Å². The summed E-state index contributed by atoms with van der Waals surface area (Å²) in [4.78, 5) is 22.5. The lowest BCUT2D eigenvalue weighted by Crippen LogP contribution is -2.27. The van der Waals surface area contributed by atoms with Crippen molar-refractivity contribution in [1.29, 1.82) is 0 Å². The first-order chi connectivity index (χ1) is 7.20. The molecule has 1 fully saturated rings. The van der Waals surface area contributed by atoms with Gasteiger partial charge in [-0.2, -0.15) is 0 Å². The molecule has 0 unspecified atom stereocenters. The molecule has 0 aromatic carbocycles. The standard InChI is InChI=1S/C9H11FN4O/c1-2-13-6-14(5-8(13)15)9-11-3-7(10)4-12-9/h3-4H,2,5-6H2,1H3. The fourth-order valence-corrected chi connectivity index (χ4v) is 1.48. The van der Waals surface area contributed by atoms with E-state index in [1.807, 2.05) is 6.92 Å². The van der Waals surface area contributed by atoms with Crippen LogP contribution in [0.1, 0.15) is 6.92 Å². The highest BCUT2D eigenvalue weighted by Crippen LogP contribution is 2.13. The maximum Gasteiger partial charge on any atom is 0.243 e. The Kier molecular flexibility index (Phi) is 2.49. The quantitative estimate of drug-likeness (QED) is 0.701. The molecule has 2 heterocycles. The SMILES string of the molecule is CCN1CN(c2ncc(F)cn2)CC1=O. The number of carbonyl (C=O) groups is 1. The minimum absolute atomic E-state index is 0.0467. The molecule has 0 atom stereocenters. The molecule has 0 aliphatic carbocycles. The van der Waals surface area contributed by atoms with Crippen LogP contribution in [-0.4, -0.2) is 40.5 Å². The van der Waals surface area contributed by atoms with Crippen molar-refractivity contribution in [3.05, 3.63) is 18.2 Å². The van der Waals surface area contributed by atoms with E-state index >= 15 is 0 Å². The van der Waals surface area contributed by atoms with Gasteiger partial charge in [-0.1, -0.05) is 0 Å². The van der Waals surface area contributed by atoms with Gasteiger partial charge in [-0.3, -0.25) is 4.79 Å². The number of rotatable bonds is 2. The Hall–Kier alpha value is -1.72. The van der Waals surface area contributed by atoms with Crippen LogP contribution >= 0.6 is 0 Å². The van der Waals surface area contributed by atoms with Gasteiger partial charge in [0.1, 0.15) is 6.54 Å². The van der Waals surface area contributed by atoms with Crippen molar-refractivity contribution in [3.63, 3.8) is 0 Å². The van der Waals surface area contributed by atoms with Crippen LogP contribution in [0.15, 0.2) is 12.4 Å². The van der Waals surface area contributed by atoms with Crippen molar-refractivity contribution >= 4 is 11.9 Å². The molecule has 1 saturated heterocycles. The van der Waals surface area contributed by atoms with Crippen molar-refractivity contribution in [3.8, 4) is 0 Å². The monoisotopic (exact) mass is 210 g/mol. The number of halogens is 1. The molecule has 15 heavy (non-hydrogen) atoms. The summed E-state index contributed by atoms with van der Waals surface area (Å²) in [6.45, 7) is 3.31. The van der Waals surface area contributed by atoms with Crippen molar-refractivity contribution in [1.82, 2.24) is 14.9 Å². The molecule has 0 spiro atoms. The summed E-state index contributed by atoms with van der Waals surface area (Å²) in [7, 11) is 0. The summed E-state index contributed by atoms with van der Waals surface area (Å²) >= 11 is 0. The van der Waals surface area contributed by atoms with E-state index < -0.39 is 5.82 Å². The zero-order chi connectivity index (χ0) is 10.8. The lowest BCUT2D eigenvalue weighted by atomic mass is 10.5. The molecule has 0 saturated carbocycles. The fraction of sp³-hybridized carbons (Fsp3) is 0.444. The summed E-state index contributed by atoms with van der Waals surface area (Å²) in [5.74, 6) is -0.0391. The molecular formula is C9H11FN4O. The van der Waals surface area contributed by atoms with Gasteiger partial charge in [0, 0.05) is 6.54 Å². The van der Waals surface area contributed by atoms with Crippen molar-refractivity contribution in [2.45, 2.75) is 6.92 Å². The smallest absolute Gasteiger partial charge is 0.243 e. The Morgan fingerprint density at radius 2 is 2.13 bits per heavy atom. The first-order valence-electron chi connectivity index (χ1n) is 4.71. The number of carbonyl (C=O) groups excluding carboxylic acids is 1. The van der Waals surface area contributed by atoms with Crippen LogP contribution in [0.5, 0.6) is 0 Å². The molecule has 1 aromatic heterocycles. The molecule has 1 aliphatic heterocycles. The highest BCUT2D eigenvalue weighted by atomic mass is 19.1. The molecule has 2 rings (SSSR count). The molecule has 0 N–H and O–H groups in total. The Morgan fingerprint density at radius 3 is 2.67 bits per heavy atom. The van der Waals surface area contributed by atoms with Crippen LogP contribution in [0, 0.1) is 5.82 Å². The zero-order valence-electron chi connectivity index (χ0n) is 8.35. The molecule has 1 aliphatic rings. The number of nitrogens with zero attached hydrogens (tertiary/aromatic N) is 4. The van der Waals surface area contributed by atoms with E-state index in [0.717, 1.165) is 12.4 Å². The second kappa shape index (κ2) is 3.80. The third-order valence-corrected chi connectivity index (χ3v) is 2.29. The van der Waals surface area contributed by atoms with Gasteiger partial charge < -0.3 is 9.80 Å². The van der Waals surface area contributed by atoms with Gasteiger partial charge in [0.2, 0.25) is 11.9 Å². The van der Waals surface area contributed by atoms with E-state index in [0.29, 0.717) is 19.2 Å². The third kappa shape index (κ3) is 1.88. The van der Waals surface area contributed by atoms with Crippen LogP contribution < -0.4 is 4.90 Å². The van der Waals surface area contributed by atoms with Crippen LogP contribution in [0.25, 0.3) is 0 Å². The molecule has 1 aromatic rings. The van der Waals surface area contributed by atoms with Gasteiger partial charge in [0.25, 0.3) is 0 Å². The molecule has 0 radical (unpaired) electrons. The second-order valence-electron chi connectivity index (χ2n) is 3.29. The summed E-state index contributed by atoms with van der Waals surface area (Å²) in [5.41, 5.74) is 0. The van der Waals surface area contributed by atoms with E-state index in [1.54, 1.807) is 9.80 Å². The maximum absolute atomic E-state index is 12.6. The first-order valence-corrected chi connectivity index (χ1v) is 4.71. The molecule has 1 amide bonds. The van der Waals surface area contributed by atoms with E-state index in [-0.39, 0.29) is 12.5 Å². The summed E-state index contributed by atoms with van der Waals surface area (Å²) in [6.07, 6.45) is 2.20. The highest BCUT2D eigenvalue weighted by Gasteiger charge is 2.27. The predicted octanol–water partition coefficient (Wildman–Crippen LogP) is 0.242. The Bertz CT molecular complexity index is 367. The lowest BCUT2D eigenvalue weighted by Gasteiger charge is -2.15. The van der Waals surface area contributed by atoms with Gasteiger partial charge in [-0.05, 0) is 6.92 Å². The Morgan fingerprint density at radius 1 is 1.47 bits per heavy atom. The first kappa shape index (κ1) is 9.82. The van der Waals surface area contributed by atoms with Gasteiger partial charge in [-0.25, -0.2) is 14.4 Å². The van der Waals surface area contributed by atoms with E-state index in [2.05, 4.69) is 9.97 Å². The zero-order valence-corrected chi connectivity index (χ0v) is 8.35. The lowest BCUT2D eigenvalue weighted by molar-refractivity contribution is -0.126. The second-order valence-corrected chi connectivity index (χ2v) is 3.29. The summed E-state index contributed by atoms with van der Waals surface area (Å²) in [6, 6.07) is 0. The van der Waals surface area contributed by atoms with Crippen molar-refractivity contribution in [2.24, 2.45) is 0 Å². The molecule has 6 heteroatoms. The van der Waals surface area contributed by atoms with Crippen LogP contribution in [0.2, 0.25) is 0 Å². The van der Waals surface area contributed by atoms with Crippen LogP contribution in [-0.2, 0) is 4.79 Å². The van der Waals surface area contributed by atoms with Gasteiger partial charge in [0.05, 0.1) is 19.1 Å². The predicted molar refractivity (Wildman–Crippen MR) is 51.6 cm³/mol.